The first-order chi connectivity index (χ1) is 9.63. The second-order valence-corrected chi connectivity index (χ2v) is 5.37. The van der Waals surface area contributed by atoms with Crippen molar-refractivity contribution in [1.29, 1.82) is 0 Å². The fraction of sp³-hybridized carbons (Fsp3) is 0.562. The smallest absolute Gasteiger partial charge is 0.227 e. The van der Waals surface area contributed by atoms with Crippen molar-refractivity contribution in [3.63, 3.8) is 0 Å². The van der Waals surface area contributed by atoms with E-state index in [9.17, 15) is 4.79 Å². The summed E-state index contributed by atoms with van der Waals surface area (Å²) >= 11 is 0. The van der Waals surface area contributed by atoms with Gasteiger partial charge in [-0.3, -0.25) is 4.79 Å². The van der Waals surface area contributed by atoms with Crippen LogP contribution >= 0.6 is 0 Å². The van der Waals surface area contributed by atoms with Crippen molar-refractivity contribution >= 4 is 5.91 Å². The summed E-state index contributed by atoms with van der Waals surface area (Å²) in [6, 6.07) is 8.18. The van der Waals surface area contributed by atoms with E-state index in [1.165, 1.54) is 0 Å². The number of carbonyl (C=O) groups excluding carboxylic acids is 1. The van der Waals surface area contributed by atoms with Gasteiger partial charge in [0, 0.05) is 25.2 Å². The van der Waals surface area contributed by atoms with Gasteiger partial charge in [-0.25, -0.2) is 0 Å². The summed E-state index contributed by atoms with van der Waals surface area (Å²) in [6.45, 7) is 6.21. The van der Waals surface area contributed by atoms with E-state index in [0.717, 1.165) is 24.3 Å². The summed E-state index contributed by atoms with van der Waals surface area (Å²) < 4.78 is 5.61. The fourth-order valence-electron chi connectivity index (χ4n) is 2.74. The predicted molar refractivity (Wildman–Crippen MR) is 79.7 cm³/mol. The van der Waals surface area contributed by atoms with Gasteiger partial charge in [-0.05, 0) is 32.9 Å². The molecular formula is C16H24N2O2. The van der Waals surface area contributed by atoms with Crippen LogP contribution in [0.15, 0.2) is 24.3 Å². The van der Waals surface area contributed by atoms with Crippen LogP contribution in [-0.2, 0) is 11.3 Å². The lowest BCUT2D eigenvalue weighted by molar-refractivity contribution is -0.134. The fourth-order valence-corrected chi connectivity index (χ4v) is 2.74. The minimum atomic E-state index is 0.0965. The third-order valence-corrected chi connectivity index (χ3v) is 3.90. The quantitative estimate of drug-likeness (QED) is 0.895. The number of para-hydroxylation sites is 1. The van der Waals surface area contributed by atoms with E-state index in [1.54, 1.807) is 0 Å². The van der Waals surface area contributed by atoms with E-state index in [2.05, 4.69) is 12.2 Å². The van der Waals surface area contributed by atoms with Gasteiger partial charge >= 0.3 is 0 Å². The van der Waals surface area contributed by atoms with Crippen LogP contribution in [0.4, 0.5) is 0 Å². The maximum atomic E-state index is 12.5. The molecule has 1 fully saturated rings. The van der Waals surface area contributed by atoms with Crippen LogP contribution < -0.4 is 10.1 Å². The highest BCUT2D eigenvalue weighted by Gasteiger charge is 2.31. The van der Waals surface area contributed by atoms with Crippen LogP contribution in [0.3, 0.4) is 0 Å². The van der Waals surface area contributed by atoms with Gasteiger partial charge in [0.05, 0.1) is 12.5 Å². The van der Waals surface area contributed by atoms with Crippen LogP contribution in [-0.4, -0.2) is 37.0 Å². The summed E-state index contributed by atoms with van der Waals surface area (Å²) in [4.78, 5) is 14.3. The number of hydrogen-bond acceptors (Lipinski definition) is 3. The first-order valence-electron chi connectivity index (χ1n) is 7.32. The van der Waals surface area contributed by atoms with Crippen LogP contribution in [0.1, 0.15) is 25.8 Å². The van der Waals surface area contributed by atoms with Crippen molar-refractivity contribution in [2.75, 3.05) is 20.2 Å². The molecule has 1 aromatic rings. The van der Waals surface area contributed by atoms with Gasteiger partial charge in [0.25, 0.3) is 0 Å². The van der Waals surface area contributed by atoms with E-state index < -0.39 is 0 Å². The summed E-state index contributed by atoms with van der Waals surface area (Å²) in [7, 11) is 1.87. The molecule has 1 saturated heterocycles. The number of benzene rings is 1. The topological polar surface area (TPSA) is 41.6 Å². The highest BCUT2D eigenvalue weighted by Crippen LogP contribution is 2.22. The second-order valence-electron chi connectivity index (χ2n) is 5.37. The van der Waals surface area contributed by atoms with Crippen LogP contribution in [0, 0.1) is 5.92 Å². The molecule has 2 unspecified atom stereocenters. The zero-order valence-corrected chi connectivity index (χ0v) is 12.6. The Hall–Kier alpha value is -1.55. The molecule has 1 amide bonds. The molecule has 0 radical (unpaired) electrons. The Labute approximate surface area is 121 Å². The minimum Gasteiger partial charge on any atom is -0.494 e. The standard InChI is InChI=1S/C16H24N2O2/c1-4-20-15-8-6-5-7-13(15)11-18(3)16(19)14-9-10-17-12(14)2/h5-8,12,14,17H,4,9-11H2,1-3H3. The summed E-state index contributed by atoms with van der Waals surface area (Å²) in [5.41, 5.74) is 1.06. The van der Waals surface area contributed by atoms with E-state index in [1.807, 2.05) is 43.1 Å². The number of rotatable bonds is 5. The first kappa shape index (κ1) is 14.9. The Balaban J connectivity index is 2.03. The number of ether oxygens (including phenoxy) is 1. The lowest BCUT2D eigenvalue weighted by Crippen LogP contribution is -2.37. The molecule has 0 aromatic heterocycles. The van der Waals surface area contributed by atoms with Crippen molar-refractivity contribution in [3.8, 4) is 5.75 Å². The highest BCUT2D eigenvalue weighted by atomic mass is 16.5. The lowest BCUT2D eigenvalue weighted by atomic mass is 10.0. The largest absolute Gasteiger partial charge is 0.494 e. The van der Waals surface area contributed by atoms with Crippen molar-refractivity contribution in [1.82, 2.24) is 10.2 Å². The summed E-state index contributed by atoms with van der Waals surface area (Å²) in [6.07, 6.45) is 0.928. The molecule has 4 nitrogen and oxygen atoms in total. The SMILES string of the molecule is CCOc1ccccc1CN(C)C(=O)C1CCNC1C. The van der Waals surface area contributed by atoms with Crippen molar-refractivity contribution < 1.29 is 9.53 Å². The van der Waals surface area contributed by atoms with E-state index >= 15 is 0 Å². The molecule has 110 valence electrons. The Bertz CT molecular complexity index is 462. The number of amides is 1. The number of hydrogen-bond donors (Lipinski definition) is 1. The summed E-state index contributed by atoms with van der Waals surface area (Å²) in [5, 5.41) is 3.33. The monoisotopic (exact) mass is 276 g/mol. The van der Waals surface area contributed by atoms with Gasteiger partial charge in [-0.2, -0.15) is 0 Å². The molecule has 1 N–H and O–H groups in total. The average molecular weight is 276 g/mol. The molecule has 1 aromatic carbocycles. The molecule has 4 heteroatoms. The first-order valence-corrected chi connectivity index (χ1v) is 7.32. The maximum Gasteiger partial charge on any atom is 0.227 e. The van der Waals surface area contributed by atoms with Gasteiger partial charge in [0.2, 0.25) is 5.91 Å². The molecular weight excluding hydrogens is 252 g/mol. The average Bonchev–Trinajstić information content (AvgIpc) is 2.86. The molecule has 0 aliphatic carbocycles. The normalized spacial score (nSPS) is 21.8. The molecule has 20 heavy (non-hydrogen) atoms. The Morgan fingerprint density at radius 2 is 2.20 bits per heavy atom. The van der Waals surface area contributed by atoms with Crippen molar-refractivity contribution in [3.05, 3.63) is 29.8 Å². The minimum absolute atomic E-state index is 0.0965. The Morgan fingerprint density at radius 1 is 1.45 bits per heavy atom. The molecule has 0 spiro atoms. The van der Waals surface area contributed by atoms with E-state index in [4.69, 9.17) is 4.74 Å². The third kappa shape index (κ3) is 3.31. The van der Waals surface area contributed by atoms with E-state index in [-0.39, 0.29) is 17.9 Å². The van der Waals surface area contributed by atoms with Gasteiger partial charge in [-0.15, -0.1) is 0 Å². The third-order valence-electron chi connectivity index (χ3n) is 3.90. The van der Waals surface area contributed by atoms with Gasteiger partial charge in [-0.1, -0.05) is 18.2 Å². The van der Waals surface area contributed by atoms with E-state index in [0.29, 0.717) is 13.2 Å². The van der Waals surface area contributed by atoms with Crippen LogP contribution in [0.25, 0.3) is 0 Å². The zero-order valence-electron chi connectivity index (χ0n) is 12.6. The number of nitrogens with one attached hydrogen (secondary N) is 1. The maximum absolute atomic E-state index is 12.5. The number of nitrogens with zero attached hydrogens (tertiary/aromatic N) is 1. The van der Waals surface area contributed by atoms with Gasteiger partial charge < -0.3 is 15.0 Å². The predicted octanol–water partition coefficient (Wildman–Crippen LogP) is 2.04. The Kier molecular flexibility index (Phi) is 5.01. The molecule has 1 aliphatic rings. The Morgan fingerprint density at radius 3 is 2.85 bits per heavy atom. The van der Waals surface area contributed by atoms with Crippen LogP contribution in [0.5, 0.6) is 5.75 Å². The molecule has 2 rings (SSSR count). The zero-order chi connectivity index (χ0) is 14.5. The molecule has 0 bridgehead atoms. The number of carbonyl (C=O) groups is 1. The van der Waals surface area contributed by atoms with Gasteiger partial charge in [0.1, 0.15) is 5.75 Å². The second kappa shape index (κ2) is 6.75. The van der Waals surface area contributed by atoms with Crippen molar-refractivity contribution in [2.45, 2.75) is 32.9 Å². The molecule has 1 aliphatic heterocycles. The molecule has 0 saturated carbocycles. The highest BCUT2D eigenvalue weighted by molar-refractivity contribution is 5.79. The summed E-state index contributed by atoms with van der Waals surface area (Å²) in [5.74, 6) is 1.18. The molecule has 2 atom stereocenters. The lowest BCUT2D eigenvalue weighted by Gasteiger charge is -2.24. The van der Waals surface area contributed by atoms with Gasteiger partial charge in [0.15, 0.2) is 0 Å². The van der Waals surface area contributed by atoms with Crippen molar-refractivity contribution in [2.24, 2.45) is 5.92 Å². The van der Waals surface area contributed by atoms with Crippen LogP contribution in [0.2, 0.25) is 0 Å². The molecule has 1 heterocycles.